The van der Waals surface area contributed by atoms with Gasteiger partial charge in [-0.15, -0.1) is 0 Å². The number of alkyl halides is 1. The van der Waals surface area contributed by atoms with Crippen LogP contribution in [0.5, 0.6) is 0 Å². The normalized spacial score (nSPS) is 46.1. The summed E-state index contributed by atoms with van der Waals surface area (Å²) in [6.07, 6.45) is 4.88. The lowest BCUT2D eigenvalue weighted by atomic mass is 10.0. The minimum absolute atomic E-state index is 0.366. The number of carbonyl (C=O) groups excluding carboxylic acids is 1. The smallest absolute Gasteiger partial charge is 0.146 e. The zero-order valence-corrected chi connectivity index (χ0v) is 8.00. The molecule has 0 radical (unpaired) electrons. The highest BCUT2D eigenvalue weighted by Gasteiger charge is 2.42. The zero-order valence-electron chi connectivity index (χ0n) is 5.85. The quantitative estimate of drug-likeness (QED) is 0.475. The lowest BCUT2D eigenvalue weighted by molar-refractivity contribution is -0.117. The van der Waals surface area contributed by atoms with E-state index in [1.165, 1.54) is 19.3 Å². The summed E-state index contributed by atoms with van der Waals surface area (Å²) in [6.45, 7) is 0. The first-order valence-corrected chi connectivity index (χ1v) is 5.20. The SMILES string of the molecule is O=C1C[C@@H]2CCC[C@@H]2C1I. The summed E-state index contributed by atoms with van der Waals surface area (Å²) in [5.74, 6) is 2.04. The predicted octanol–water partition coefficient (Wildman–Crippen LogP) is 2.18. The third-order valence-corrected chi connectivity index (χ3v) is 4.48. The van der Waals surface area contributed by atoms with Gasteiger partial charge in [0.05, 0.1) is 3.92 Å². The van der Waals surface area contributed by atoms with Gasteiger partial charge in [-0.3, -0.25) is 4.79 Å². The van der Waals surface area contributed by atoms with Gasteiger partial charge in [-0.2, -0.15) is 0 Å². The third kappa shape index (κ3) is 0.917. The minimum Gasteiger partial charge on any atom is -0.299 e. The standard InChI is InChI=1S/C8H11IO/c9-8-6-3-1-2-5(6)4-7(8)10/h5-6,8H,1-4H2/t5-,6-,8?/m0/s1. The average Bonchev–Trinajstić information content (AvgIpc) is 2.41. The Morgan fingerprint density at radius 1 is 1.40 bits per heavy atom. The van der Waals surface area contributed by atoms with Crippen LogP contribution in [0.3, 0.4) is 0 Å². The fourth-order valence-corrected chi connectivity index (χ4v) is 3.52. The van der Waals surface area contributed by atoms with Gasteiger partial charge in [0.25, 0.3) is 0 Å². The van der Waals surface area contributed by atoms with Crippen molar-refractivity contribution in [2.75, 3.05) is 0 Å². The Morgan fingerprint density at radius 2 is 2.20 bits per heavy atom. The van der Waals surface area contributed by atoms with E-state index in [0.29, 0.717) is 9.71 Å². The van der Waals surface area contributed by atoms with Crippen molar-refractivity contribution in [3.05, 3.63) is 0 Å². The van der Waals surface area contributed by atoms with E-state index in [9.17, 15) is 4.79 Å². The fraction of sp³-hybridized carbons (Fsp3) is 0.875. The summed E-state index contributed by atoms with van der Waals surface area (Å²) in [6, 6.07) is 0. The molecule has 0 aromatic carbocycles. The lowest BCUT2D eigenvalue weighted by Crippen LogP contribution is -2.12. The maximum atomic E-state index is 11.2. The summed E-state index contributed by atoms with van der Waals surface area (Å²) < 4.78 is 0.366. The van der Waals surface area contributed by atoms with Crippen molar-refractivity contribution >= 4 is 28.4 Å². The highest BCUT2D eigenvalue weighted by Crippen LogP contribution is 2.45. The van der Waals surface area contributed by atoms with Crippen LogP contribution in [0.15, 0.2) is 0 Å². The first-order chi connectivity index (χ1) is 4.79. The van der Waals surface area contributed by atoms with Crippen LogP contribution >= 0.6 is 22.6 Å². The van der Waals surface area contributed by atoms with Crippen LogP contribution in [-0.2, 0) is 4.79 Å². The van der Waals surface area contributed by atoms with E-state index in [4.69, 9.17) is 0 Å². The molecule has 0 aromatic heterocycles. The van der Waals surface area contributed by atoms with Crippen LogP contribution in [0.4, 0.5) is 0 Å². The van der Waals surface area contributed by atoms with Gasteiger partial charge in [-0.05, 0) is 24.7 Å². The molecule has 10 heavy (non-hydrogen) atoms. The van der Waals surface area contributed by atoms with Crippen LogP contribution in [-0.4, -0.2) is 9.71 Å². The molecule has 0 aromatic rings. The Bertz CT molecular complexity index is 167. The Kier molecular flexibility index (Phi) is 1.74. The van der Waals surface area contributed by atoms with Crippen LogP contribution in [0.1, 0.15) is 25.7 Å². The Hall–Kier alpha value is 0.400. The summed E-state index contributed by atoms with van der Waals surface area (Å²) in [7, 11) is 0. The van der Waals surface area contributed by atoms with Crippen LogP contribution in [0, 0.1) is 11.8 Å². The number of rotatable bonds is 0. The first kappa shape index (κ1) is 7.07. The number of ketones is 1. The molecule has 2 fully saturated rings. The van der Waals surface area contributed by atoms with Gasteiger partial charge >= 0.3 is 0 Å². The first-order valence-electron chi connectivity index (χ1n) is 3.96. The number of Topliss-reactive ketones (excluding diaryl/α,β-unsaturated/α-hetero) is 1. The Morgan fingerprint density at radius 3 is 2.90 bits per heavy atom. The number of hydrogen-bond acceptors (Lipinski definition) is 1. The average molecular weight is 250 g/mol. The second-order valence-corrected chi connectivity index (χ2v) is 4.77. The molecule has 0 amide bonds. The topological polar surface area (TPSA) is 17.1 Å². The van der Waals surface area contributed by atoms with E-state index in [1.54, 1.807) is 0 Å². The molecule has 0 saturated heterocycles. The van der Waals surface area contributed by atoms with Crippen molar-refractivity contribution in [3.63, 3.8) is 0 Å². The van der Waals surface area contributed by atoms with E-state index in [0.717, 1.165) is 18.3 Å². The van der Waals surface area contributed by atoms with Crippen molar-refractivity contribution in [2.45, 2.75) is 29.6 Å². The molecule has 2 aliphatic rings. The summed E-state index contributed by atoms with van der Waals surface area (Å²) >= 11 is 2.33. The van der Waals surface area contributed by atoms with Gasteiger partial charge in [-0.25, -0.2) is 0 Å². The number of hydrogen-bond donors (Lipinski definition) is 0. The van der Waals surface area contributed by atoms with Crippen molar-refractivity contribution in [1.82, 2.24) is 0 Å². The molecule has 2 heteroatoms. The maximum Gasteiger partial charge on any atom is 0.146 e. The maximum absolute atomic E-state index is 11.2. The van der Waals surface area contributed by atoms with Gasteiger partial charge < -0.3 is 0 Å². The van der Waals surface area contributed by atoms with Gasteiger partial charge in [0, 0.05) is 6.42 Å². The predicted molar refractivity (Wildman–Crippen MR) is 48.3 cm³/mol. The van der Waals surface area contributed by atoms with Crippen LogP contribution < -0.4 is 0 Å². The molecule has 0 spiro atoms. The number of carbonyl (C=O) groups is 1. The highest BCUT2D eigenvalue weighted by molar-refractivity contribution is 14.1. The van der Waals surface area contributed by atoms with E-state index >= 15 is 0 Å². The molecule has 0 aliphatic heterocycles. The molecule has 0 N–H and O–H groups in total. The highest BCUT2D eigenvalue weighted by atomic mass is 127. The third-order valence-electron chi connectivity index (χ3n) is 2.86. The van der Waals surface area contributed by atoms with Crippen molar-refractivity contribution in [1.29, 1.82) is 0 Å². The van der Waals surface area contributed by atoms with E-state index in [2.05, 4.69) is 22.6 Å². The number of halogens is 1. The molecule has 2 rings (SSSR count). The molecule has 1 unspecified atom stereocenters. The molecule has 3 atom stereocenters. The van der Waals surface area contributed by atoms with Crippen molar-refractivity contribution < 1.29 is 4.79 Å². The van der Waals surface area contributed by atoms with Crippen LogP contribution in [0.2, 0.25) is 0 Å². The molecular formula is C8H11IO. The van der Waals surface area contributed by atoms with Gasteiger partial charge in [-0.1, -0.05) is 29.0 Å². The molecule has 2 aliphatic carbocycles. The fourth-order valence-electron chi connectivity index (χ4n) is 2.31. The van der Waals surface area contributed by atoms with Gasteiger partial charge in [0.15, 0.2) is 0 Å². The lowest BCUT2D eigenvalue weighted by Gasteiger charge is -2.08. The molecule has 2 saturated carbocycles. The molecule has 56 valence electrons. The van der Waals surface area contributed by atoms with Gasteiger partial charge in [0.1, 0.15) is 5.78 Å². The molecular weight excluding hydrogens is 239 g/mol. The van der Waals surface area contributed by atoms with E-state index < -0.39 is 0 Å². The monoisotopic (exact) mass is 250 g/mol. The molecule has 1 nitrogen and oxygen atoms in total. The summed E-state index contributed by atoms with van der Waals surface area (Å²) in [5, 5.41) is 0. The van der Waals surface area contributed by atoms with Crippen molar-refractivity contribution in [3.8, 4) is 0 Å². The molecule has 0 heterocycles. The number of fused-ring (bicyclic) bond motifs is 1. The van der Waals surface area contributed by atoms with E-state index in [1.807, 2.05) is 0 Å². The second-order valence-electron chi connectivity index (χ2n) is 3.43. The van der Waals surface area contributed by atoms with Gasteiger partial charge in [0.2, 0.25) is 0 Å². The summed E-state index contributed by atoms with van der Waals surface area (Å²) in [4.78, 5) is 11.2. The Labute approximate surface area is 74.7 Å². The van der Waals surface area contributed by atoms with Crippen LogP contribution in [0.25, 0.3) is 0 Å². The van der Waals surface area contributed by atoms with Crippen molar-refractivity contribution in [2.24, 2.45) is 11.8 Å². The second kappa shape index (κ2) is 2.47. The summed E-state index contributed by atoms with van der Waals surface area (Å²) in [5.41, 5.74) is 0. The Balaban J connectivity index is 2.16. The van der Waals surface area contributed by atoms with E-state index in [-0.39, 0.29) is 0 Å². The molecule has 0 bridgehead atoms. The minimum atomic E-state index is 0.366. The largest absolute Gasteiger partial charge is 0.299 e. The zero-order chi connectivity index (χ0) is 7.14.